The second kappa shape index (κ2) is 9.27. The van der Waals surface area contributed by atoms with Crippen LogP contribution >= 0.6 is 11.3 Å². The fourth-order valence-corrected chi connectivity index (χ4v) is 6.73. The Labute approximate surface area is 218 Å². The molecule has 37 heavy (non-hydrogen) atoms. The summed E-state index contributed by atoms with van der Waals surface area (Å²) in [4.78, 5) is 45.7. The van der Waals surface area contributed by atoms with Crippen molar-refractivity contribution in [1.29, 1.82) is 0 Å². The minimum absolute atomic E-state index is 0.0379. The van der Waals surface area contributed by atoms with Crippen molar-refractivity contribution in [3.8, 4) is 0 Å². The van der Waals surface area contributed by atoms with Crippen molar-refractivity contribution < 1.29 is 14.0 Å². The van der Waals surface area contributed by atoms with E-state index in [0.29, 0.717) is 29.0 Å². The molecule has 0 aromatic carbocycles. The van der Waals surface area contributed by atoms with Gasteiger partial charge in [-0.1, -0.05) is 0 Å². The molecular weight excluding hydrogens is 493 g/mol. The van der Waals surface area contributed by atoms with Gasteiger partial charge in [0.2, 0.25) is 11.9 Å². The van der Waals surface area contributed by atoms with E-state index in [1.165, 1.54) is 17.4 Å². The zero-order valence-electron chi connectivity index (χ0n) is 21.0. The van der Waals surface area contributed by atoms with E-state index in [-0.39, 0.29) is 41.0 Å². The van der Waals surface area contributed by atoms with E-state index in [1.807, 2.05) is 13.8 Å². The Balaban J connectivity index is 1.16. The molecule has 2 N–H and O–H groups in total. The van der Waals surface area contributed by atoms with Crippen LogP contribution in [0.5, 0.6) is 0 Å². The number of halogens is 1. The Morgan fingerprint density at radius 2 is 1.86 bits per heavy atom. The van der Waals surface area contributed by atoms with Crippen molar-refractivity contribution >= 4 is 39.4 Å². The van der Waals surface area contributed by atoms with Gasteiger partial charge in [-0.25, -0.2) is 14.4 Å². The van der Waals surface area contributed by atoms with Gasteiger partial charge < -0.3 is 15.5 Å². The second-order valence-electron chi connectivity index (χ2n) is 10.7. The Bertz CT molecular complexity index is 1350. The lowest BCUT2D eigenvalue weighted by Crippen LogP contribution is -2.63. The molecule has 4 fully saturated rings. The quantitative estimate of drug-likeness (QED) is 0.502. The Kier molecular flexibility index (Phi) is 6.05. The summed E-state index contributed by atoms with van der Waals surface area (Å²) in [5.41, 5.74) is 1.17. The largest absolute Gasteiger partial charge is 0.349 e. The molecular formula is C26H30FN7O2S. The molecule has 3 saturated carbocycles. The van der Waals surface area contributed by atoms with Gasteiger partial charge in [0.05, 0.1) is 23.3 Å². The fraction of sp³-hybridized carbons (Fsp3) is 0.538. The molecule has 194 valence electrons. The van der Waals surface area contributed by atoms with Crippen LogP contribution in [0.1, 0.15) is 72.6 Å². The monoisotopic (exact) mass is 523 g/mol. The highest BCUT2D eigenvalue weighted by atomic mass is 32.1. The molecule has 0 radical (unpaired) electrons. The first kappa shape index (κ1) is 24.1. The molecule has 4 heterocycles. The molecule has 7 rings (SSSR count). The molecule has 2 bridgehead atoms. The first-order chi connectivity index (χ1) is 17.8. The summed E-state index contributed by atoms with van der Waals surface area (Å²) in [5, 5.41) is 7.15. The summed E-state index contributed by atoms with van der Waals surface area (Å²) in [6.07, 6.45) is 9.16. The lowest BCUT2D eigenvalue weighted by Gasteiger charge is -2.47. The van der Waals surface area contributed by atoms with Crippen LogP contribution in [0, 0.1) is 24.1 Å². The van der Waals surface area contributed by atoms with Crippen molar-refractivity contribution in [2.24, 2.45) is 11.3 Å². The zero-order valence-corrected chi connectivity index (χ0v) is 21.8. The van der Waals surface area contributed by atoms with Crippen LogP contribution < -0.4 is 10.6 Å². The van der Waals surface area contributed by atoms with Gasteiger partial charge in [-0.3, -0.25) is 14.6 Å². The molecule has 1 aliphatic heterocycles. The van der Waals surface area contributed by atoms with Crippen LogP contribution in [0.2, 0.25) is 0 Å². The zero-order chi connectivity index (χ0) is 25.7. The highest BCUT2D eigenvalue weighted by Crippen LogP contribution is 2.50. The van der Waals surface area contributed by atoms with E-state index >= 15 is 0 Å². The predicted molar refractivity (Wildman–Crippen MR) is 138 cm³/mol. The Morgan fingerprint density at radius 3 is 2.57 bits per heavy atom. The molecule has 4 aliphatic rings. The lowest BCUT2D eigenvalue weighted by atomic mass is 9.60. The number of anilines is 1. The second-order valence-corrected chi connectivity index (χ2v) is 11.9. The van der Waals surface area contributed by atoms with Crippen molar-refractivity contribution in [2.45, 2.75) is 64.5 Å². The number of carbonyl (C=O) groups is 2. The van der Waals surface area contributed by atoms with Crippen LogP contribution in [0.3, 0.4) is 0 Å². The van der Waals surface area contributed by atoms with Gasteiger partial charge in [-0.15, -0.1) is 11.3 Å². The van der Waals surface area contributed by atoms with Gasteiger partial charge in [0, 0.05) is 24.7 Å². The SMILES string of the molecule is Cc1nc2nc(N[C@@H](C)c3cncc(F)c3)nc(C(=O)N3CC(NC(=O)C45CCC(CC4)CC5)C3)c2s1. The minimum atomic E-state index is -0.427. The average molecular weight is 524 g/mol. The number of nitrogens with zero attached hydrogens (tertiary/aromatic N) is 5. The van der Waals surface area contributed by atoms with Crippen LogP contribution in [-0.2, 0) is 4.79 Å². The predicted octanol–water partition coefficient (Wildman–Crippen LogP) is 4.01. The maximum atomic E-state index is 13.6. The number of nitrogens with one attached hydrogen (secondary N) is 2. The average Bonchev–Trinajstić information content (AvgIpc) is 3.26. The number of hydrogen-bond donors (Lipinski definition) is 2. The van der Waals surface area contributed by atoms with Crippen LogP contribution in [0.4, 0.5) is 10.3 Å². The number of aromatic nitrogens is 4. The lowest BCUT2D eigenvalue weighted by molar-refractivity contribution is -0.138. The van der Waals surface area contributed by atoms with Crippen molar-refractivity contribution in [3.63, 3.8) is 0 Å². The van der Waals surface area contributed by atoms with Crippen molar-refractivity contribution in [3.05, 3.63) is 40.5 Å². The van der Waals surface area contributed by atoms with Gasteiger partial charge in [-0.2, -0.15) is 4.98 Å². The standard InChI is InChI=1S/C26H30FN7O2S/c1-14(17-9-18(27)11-28-10-17)29-25-32-20(21-22(33-25)30-15(2)37-21)23(35)34-12-19(13-34)31-24(36)26-6-3-16(4-7-26)5-8-26/h9-11,14,16,19H,3-8,12-13H2,1-2H3,(H,31,36)(H,29,32,33)/t14-,16?,26?/m0/s1. The first-order valence-corrected chi connectivity index (χ1v) is 13.7. The number of pyridine rings is 1. The first-order valence-electron chi connectivity index (χ1n) is 12.9. The maximum absolute atomic E-state index is 13.6. The Hall–Kier alpha value is -3.21. The van der Waals surface area contributed by atoms with Gasteiger partial charge in [0.15, 0.2) is 11.3 Å². The molecule has 0 unspecified atom stereocenters. The third-order valence-corrected chi connectivity index (χ3v) is 9.18. The molecule has 0 spiro atoms. The van der Waals surface area contributed by atoms with Crippen molar-refractivity contribution in [2.75, 3.05) is 18.4 Å². The third kappa shape index (κ3) is 4.54. The van der Waals surface area contributed by atoms with Crippen LogP contribution in [0.15, 0.2) is 18.5 Å². The van der Waals surface area contributed by atoms with Crippen LogP contribution in [0.25, 0.3) is 10.3 Å². The highest BCUT2D eigenvalue weighted by Gasteiger charge is 2.47. The summed E-state index contributed by atoms with van der Waals surface area (Å²) < 4.78 is 14.3. The minimum Gasteiger partial charge on any atom is -0.349 e. The normalized spacial score (nSPS) is 24.1. The molecule has 3 aromatic heterocycles. The van der Waals surface area contributed by atoms with Crippen molar-refractivity contribution in [1.82, 2.24) is 30.2 Å². The van der Waals surface area contributed by atoms with Gasteiger partial charge in [-0.05, 0) is 69.9 Å². The van der Waals surface area contributed by atoms with E-state index in [4.69, 9.17) is 0 Å². The summed E-state index contributed by atoms with van der Waals surface area (Å²) in [5.74, 6) is 0.581. The van der Waals surface area contributed by atoms with E-state index in [1.54, 1.807) is 11.1 Å². The molecule has 3 aromatic rings. The number of carbonyl (C=O) groups excluding carboxylic acids is 2. The van der Waals surface area contributed by atoms with E-state index in [9.17, 15) is 14.0 Å². The number of thiazole rings is 1. The van der Waals surface area contributed by atoms with Gasteiger partial charge in [0.25, 0.3) is 5.91 Å². The van der Waals surface area contributed by atoms with E-state index in [2.05, 4.69) is 30.6 Å². The third-order valence-electron chi connectivity index (χ3n) is 8.21. The molecule has 2 amide bonds. The number of aryl methyl sites for hydroxylation is 1. The summed E-state index contributed by atoms with van der Waals surface area (Å²) in [7, 11) is 0. The number of amides is 2. The van der Waals surface area contributed by atoms with E-state index < -0.39 is 5.82 Å². The molecule has 1 saturated heterocycles. The number of likely N-dealkylation sites (tertiary alicyclic amines) is 1. The van der Waals surface area contributed by atoms with E-state index in [0.717, 1.165) is 55.6 Å². The van der Waals surface area contributed by atoms with Gasteiger partial charge in [0.1, 0.15) is 10.5 Å². The number of fused-ring (bicyclic) bond motifs is 4. The summed E-state index contributed by atoms with van der Waals surface area (Å²) in [6.45, 7) is 4.63. The molecule has 1 atom stereocenters. The maximum Gasteiger partial charge on any atom is 0.274 e. The molecule has 11 heteroatoms. The number of hydrogen-bond acceptors (Lipinski definition) is 8. The number of rotatable bonds is 6. The fourth-order valence-electron chi connectivity index (χ4n) is 5.89. The smallest absolute Gasteiger partial charge is 0.274 e. The highest BCUT2D eigenvalue weighted by molar-refractivity contribution is 7.18. The molecule has 9 nitrogen and oxygen atoms in total. The van der Waals surface area contributed by atoms with Crippen LogP contribution in [-0.4, -0.2) is 55.8 Å². The topological polar surface area (TPSA) is 113 Å². The molecule has 3 aliphatic carbocycles. The summed E-state index contributed by atoms with van der Waals surface area (Å²) >= 11 is 1.38. The van der Waals surface area contributed by atoms with Gasteiger partial charge >= 0.3 is 0 Å². The summed E-state index contributed by atoms with van der Waals surface area (Å²) in [6, 6.07) is 1.03. The Morgan fingerprint density at radius 1 is 1.14 bits per heavy atom.